The van der Waals surface area contributed by atoms with Crippen molar-refractivity contribution in [3.05, 3.63) is 100 Å². The summed E-state index contributed by atoms with van der Waals surface area (Å²) in [4.78, 5) is 12.4. The molecule has 144 valence electrons. The number of ketones is 1. The minimum Gasteiger partial charge on any atom is -0.484 e. The van der Waals surface area contributed by atoms with Crippen LogP contribution in [0.15, 0.2) is 81.7 Å². The van der Waals surface area contributed by atoms with Gasteiger partial charge in [0.05, 0.1) is 5.56 Å². The monoisotopic (exact) mass is 452 g/mol. The van der Waals surface area contributed by atoms with E-state index < -0.39 is 0 Å². The molecule has 5 nitrogen and oxygen atoms in total. The number of aromatic nitrogens is 2. The molecule has 4 aromatic rings. The SMILES string of the molecule is O=C(c1ccc(F)cc1)c1ccc(OCc2nnc(-c3ccccc3Br)o2)cc1. The Hall–Kier alpha value is -3.32. The molecule has 0 radical (unpaired) electrons. The van der Waals surface area contributed by atoms with Crippen molar-refractivity contribution in [3.63, 3.8) is 0 Å². The number of carbonyl (C=O) groups excluding carboxylic acids is 1. The molecular formula is C22H14BrFN2O3. The first-order valence-electron chi connectivity index (χ1n) is 8.70. The van der Waals surface area contributed by atoms with Crippen LogP contribution < -0.4 is 4.74 Å². The molecule has 0 saturated carbocycles. The molecule has 4 rings (SSSR count). The van der Waals surface area contributed by atoms with E-state index in [4.69, 9.17) is 9.15 Å². The highest BCUT2D eigenvalue weighted by Crippen LogP contribution is 2.27. The number of hydrogen-bond donors (Lipinski definition) is 0. The number of hydrogen-bond acceptors (Lipinski definition) is 5. The molecule has 0 unspecified atom stereocenters. The van der Waals surface area contributed by atoms with E-state index in [0.29, 0.717) is 28.7 Å². The molecule has 7 heteroatoms. The minimum absolute atomic E-state index is 0.0999. The summed E-state index contributed by atoms with van der Waals surface area (Å²) < 4.78 is 25.2. The first-order valence-corrected chi connectivity index (χ1v) is 9.50. The van der Waals surface area contributed by atoms with Gasteiger partial charge in [0, 0.05) is 15.6 Å². The van der Waals surface area contributed by atoms with Gasteiger partial charge in [0.1, 0.15) is 11.6 Å². The van der Waals surface area contributed by atoms with Crippen molar-refractivity contribution >= 4 is 21.7 Å². The fourth-order valence-electron chi connectivity index (χ4n) is 2.67. The summed E-state index contributed by atoms with van der Waals surface area (Å²) in [5.41, 5.74) is 1.71. The summed E-state index contributed by atoms with van der Waals surface area (Å²) in [6.07, 6.45) is 0. The van der Waals surface area contributed by atoms with Gasteiger partial charge in [-0.3, -0.25) is 4.79 Å². The van der Waals surface area contributed by atoms with Gasteiger partial charge in [0.25, 0.3) is 5.89 Å². The summed E-state index contributed by atoms with van der Waals surface area (Å²) in [5, 5.41) is 8.03. The third-order valence-electron chi connectivity index (χ3n) is 4.16. The van der Waals surface area contributed by atoms with Crippen molar-refractivity contribution in [1.82, 2.24) is 10.2 Å². The highest BCUT2D eigenvalue weighted by molar-refractivity contribution is 9.10. The molecule has 0 saturated heterocycles. The van der Waals surface area contributed by atoms with Crippen LogP contribution in [0, 0.1) is 5.82 Å². The lowest BCUT2D eigenvalue weighted by molar-refractivity contribution is 0.103. The van der Waals surface area contributed by atoms with Crippen molar-refractivity contribution < 1.29 is 18.3 Å². The fourth-order valence-corrected chi connectivity index (χ4v) is 3.13. The van der Waals surface area contributed by atoms with Gasteiger partial charge in [-0.1, -0.05) is 12.1 Å². The zero-order valence-electron chi connectivity index (χ0n) is 15.0. The van der Waals surface area contributed by atoms with Crippen molar-refractivity contribution in [2.75, 3.05) is 0 Å². The van der Waals surface area contributed by atoms with Crippen LogP contribution in [-0.4, -0.2) is 16.0 Å². The van der Waals surface area contributed by atoms with Crippen LogP contribution in [0.4, 0.5) is 4.39 Å². The van der Waals surface area contributed by atoms with E-state index in [-0.39, 0.29) is 18.2 Å². The van der Waals surface area contributed by atoms with Gasteiger partial charge in [-0.2, -0.15) is 0 Å². The van der Waals surface area contributed by atoms with Crippen molar-refractivity contribution in [1.29, 1.82) is 0 Å². The average molecular weight is 453 g/mol. The molecule has 0 amide bonds. The summed E-state index contributed by atoms with van der Waals surface area (Å²) in [6, 6.07) is 19.7. The maximum atomic E-state index is 13.0. The van der Waals surface area contributed by atoms with E-state index in [0.717, 1.165) is 10.0 Å². The molecule has 1 heterocycles. The maximum absolute atomic E-state index is 13.0. The van der Waals surface area contributed by atoms with Crippen LogP contribution in [0.25, 0.3) is 11.5 Å². The quantitative estimate of drug-likeness (QED) is 0.364. The lowest BCUT2D eigenvalue weighted by Crippen LogP contribution is -2.01. The van der Waals surface area contributed by atoms with E-state index in [1.54, 1.807) is 24.3 Å². The predicted octanol–water partition coefficient (Wildman–Crippen LogP) is 5.45. The number of rotatable bonds is 6. The molecule has 0 aliphatic rings. The molecule has 0 aliphatic carbocycles. The van der Waals surface area contributed by atoms with Crippen LogP contribution in [0.2, 0.25) is 0 Å². The third kappa shape index (κ3) is 4.41. The summed E-state index contributed by atoms with van der Waals surface area (Å²) >= 11 is 3.45. The van der Waals surface area contributed by atoms with Gasteiger partial charge < -0.3 is 9.15 Å². The first kappa shape index (κ1) is 19.0. The van der Waals surface area contributed by atoms with Gasteiger partial charge in [-0.05, 0) is 76.6 Å². The van der Waals surface area contributed by atoms with Gasteiger partial charge >= 0.3 is 0 Å². The molecule has 3 aromatic carbocycles. The number of halogens is 2. The van der Waals surface area contributed by atoms with Crippen LogP contribution in [0.1, 0.15) is 21.8 Å². The number of ether oxygens (including phenoxy) is 1. The Morgan fingerprint density at radius 1 is 0.931 bits per heavy atom. The Labute approximate surface area is 174 Å². The molecule has 0 bridgehead atoms. The van der Waals surface area contributed by atoms with Gasteiger partial charge in [-0.15, -0.1) is 10.2 Å². The molecule has 1 aromatic heterocycles. The average Bonchev–Trinajstić information content (AvgIpc) is 3.22. The minimum atomic E-state index is -0.380. The predicted molar refractivity (Wildman–Crippen MR) is 108 cm³/mol. The highest BCUT2D eigenvalue weighted by Gasteiger charge is 2.12. The molecule has 0 spiro atoms. The lowest BCUT2D eigenvalue weighted by Gasteiger charge is -2.05. The summed E-state index contributed by atoms with van der Waals surface area (Å²) in [5.74, 6) is 0.723. The van der Waals surface area contributed by atoms with Crippen LogP contribution in [0.3, 0.4) is 0 Å². The van der Waals surface area contributed by atoms with Gasteiger partial charge in [0.15, 0.2) is 12.4 Å². The molecular weight excluding hydrogens is 439 g/mol. The molecule has 0 atom stereocenters. The van der Waals surface area contributed by atoms with E-state index in [2.05, 4.69) is 26.1 Å². The molecule has 0 N–H and O–H groups in total. The Morgan fingerprint density at radius 2 is 1.59 bits per heavy atom. The van der Waals surface area contributed by atoms with Crippen LogP contribution in [-0.2, 0) is 6.61 Å². The van der Waals surface area contributed by atoms with Crippen LogP contribution in [0.5, 0.6) is 5.75 Å². The van der Waals surface area contributed by atoms with Gasteiger partial charge in [-0.25, -0.2) is 4.39 Å². The Morgan fingerprint density at radius 3 is 2.28 bits per heavy atom. The van der Waals surface area contributed by atoms with Crippen molar-refractivity contribution in [2.45, 2.75) is 6.61 Å². The van der Waals surface area contributed by atoms with Crippen LogP contribution >= 0.6 is 15.9 Å². The lowest BCUT2D eigenvalue weighted by atomic mass is 10.0. The second-order valence-corrected chi connectivity index (χ2v) is 6.98. The zero-order chi connectivity index (χ0) is 20.2. The standard InChI is InChI=1S/C22H14BrFN2O3/c23-19-4-2-1-3-18(19)22-26-25-20(29-22)13-28-17-11-7-15(8-12-17)21(27)14-5-9-16(24)10-6-14/h1-12H,13H2. The normalized spacial score (nSPS) is 10.7. The zero-order valence-corrected chi connectivity index (χ0v) is 16.6. The molecule has 29 heavy (non-hydrogen) atoms. The van der Waals surface area contributed by atoms with Crippen molar-refractivity contribution in [2.24, 2.45) is 0 Å². The maximum Gasteiger partial charge on any atom is 0.254 e. The summed E-state index contributed by atoms with van der Waals surface area (Å²) in [6.45, 7) is 0.0999. The second kappa shape index (κ2) is 8.36. The topological polar surface area (TPSA) is 65.2 Å². The number of carbonyl (C=O) groups is 1. The van der Waals surface area contributed by atoms with E-state index in [1.807, 2.05) is 24.3 Å². The molecule has 0 fully saturated rings. The number of nitrogens with zero attached hydrogens (tertiary/aromatic N) is 2. The fraction of sp³-hybridized carbons (Fsp3) is 0.0455. The molecule has 0 aliphatic heterocycles. The van der Waals surface area contributed by atoms with E-state index in [9.17, 15) is 9.18 Å². The Kier molecular flexibility index (Phi) is 5.48. The Balaban J connectivity index is 1.40. The van der Waals surface area contributed by atoms with Crippen molar-refractivity contribution in [3.8, 4) is 17.2 Å². The Bertz CT molecular complexity index is 1140. The smallest absolute Gasteiger partial charge is 0.254 e. The van der Waals surface area contributed by atoms with E-state index >= 15 is 0 Å². The summed E-state index contributed by atoms with van der Waals surface area (Å²) in [7, 11) is 0. The van der Waals surface area contributed by atoms with Gasteiger partial charge in [0.2, 0.25) is 5.89 Å². The third-order valence-corrected chi connectivity index (χ3v) is 4.85. The second-order valence-electron chi connectivity index (χ2n) is 6.13. The number of benzene rings is 3. The van der Waals surface area contributed by atoms with E-state index in [1.165, 1.54) is 24.3 Å². The largest absolute Gasteiger partial charge is 0.484 e. The first-order chi connectivity index (χ1) is 14.1. The highest BCUT2D eigenvalue weighted by atomic mass is 79.9.